The Kier molecular flexibility index (Phi) is 12.8. The third-order valence-electron chi connectivity index (χ3n) is 18.8. The van der Waals surface area contributed by atoms with Crippen LogP contribution in [0.5, 0.6) is 0 Å². The molecule has 0 saturated heterocycles. The van der Waals surface area contributed by atoms with E-state index in [1.807, 2.05) is 11.3 Å². The van der Waals surface area contributed by atoms with Crippen molar-refractivity contribution in [3.8, 4) is 33.4 Å². The van der Waals surface area contributed by atoms with Crippen LogP contribution in [0.25, 0.3) is 118 Å². The summed E-state index contributed by atoms with van der Waals surface area (Å²) in [4.78, 5) is 4.73. The molecule has 424 valence electrons. The van der Waals surface area contributed by atoms with Gasteiger partial charge >= 0.3 is 0 Å². The van der Waals surface area contributed by atoms with Gasteiger partial charge in [-0.05, 0) is 194 Å². The van der Waals surface area contributed by atoms with Crippen LogP contribution >= 0.6 is 11.3 Å². The van der Waals surface area contributed by atoms with Crippen LogP contribution in [0.1, 0.15) is 25.0 Å². The highest BCUT2D eigenvalue weighted by atomic mass is 32.1. The molecule has 17 aromatic rings. The quantitative estimate of drug-likeness (QED) is 0.140. The minimum Gasteiger partial charge on any atom is -0.310 e. The number of thiophene rings is 1. The second kappa shape index (κ2) is 21.6. The lowest BCUT2D eigenvalue weighted by molar-refractivity contribution is 0.661. The summed E-state index contributed by atoms with van der Waals surface area (Å²) in [7, 11) is 0. The summed E-state index contributed by atoms with van der Waals surface area (Å²) in [6.07, 6.45) is 0. The van der Waals surface area contributed by atoms with E-state index < -0.39 is 0 Å². The van der Waals surface area contributed by atoms with E-state index in [9.17, 15) is 0 Å². The Hall–Kier alpha value is -11.1. The van der Waals surface area contributed by atoms with Crippen LogP contribution in [0.2, 0.25) is 0 Å². The van der Waals surface area contributed by atoms with E-state index in [2.05, 4.69) is 351 Å². The third kappa shape index (κ3) is 8.92. The van der Waals surface area contributed by atoms with Gasteiger partial charge < -0.3 is 9.80 Å². The normalized spacial score (nSPS) is 12.4. The average molecular weight is 1170 g/mol. The first-order valence-electron chi connectivity index (χ1n) is 31.1. The minimum atomic E-state index is -0.0125. The van der Waals surface area contributed by atoms with Gasteiger partial charge in [-0.1, -0.05) is 257 Å². The van der Waals surface area contributed by atoms with Crippen LogP contribution < -0.4 is 9.80 Å². The fourth-order valence-electron chi connectivity index (χ4n) is 14.6. The highest BCUT2D eigenvalue weighted by Gasteiger charge is 2.36. The molecule has 1 aliphatic carbocycles. The Labute approximate surface area is 528 Å². The van der Waals surface area contributed by atoms with Crippen molar-refractivity contribution < 1.29 is 0 Å². The molecule has 1 aliphatic rings. The highest BCUT2D eigenvalue weighted by molar-refractivity contribution is 7.26. The van der Waals surface area contributed by atoms with E-state index in [1.54, 1.807) is 0 Å². The molecule has 0 spiro atoms. The number of fused-ring (bicyclic) bond motifs is 18. The standard InChI is InChI=1S/C45H33N.C42H27NS/c1-45(2)41-19-10-9-18-40(41)44-39-24-22-31-20-21-33-29-36(23-25-37(33)43(31)38(39)26-27-42(44)45)46(34-15-7-4-8-16-34)35-17-11-14-32(28-35)30-12-5-3-6-13-30;1-3-10-28(11-4-1)30-12-9-15-33(26-30)43(32-13-5-2-6-14-32)34-21-23-35-31(27-34)19-18-29-20-22-37-36(41(29)35)24-25-40-42(37)38-16-7-8-17-39(38)44-40/h3-29H,1-2H3;1-27H. The maximum Gasteiger partial charge on any atom is 0.0468 e. The molecule has 0 radical (unpaired) electrons. The fourth-order valence-corrected chi connectivity index (χ4v) is 15.7. The van der Waals surface area contributed by atoms with E-state index in [0.717, 1.165) is 34.1 Å². The van der Waals surface area contributed by atoms with E-state index >= 15 is 0 Å². The van der Waals surface area contributed by atoms with Gasteiger partial charge in [-0.15, -0.1) is 11.3 Å². The molecule has 0 fully saturated rings. The molecule has 90 heavy (non-hydrogen) atoms. The van der Waals surface area contributed by atoms with Gasteiger partial charge in [0, 0.05) is 59.7 Å². The molecule has 0 saturated carbocycles. The summed E-state index contributed by atoms with van der Waals surface area (Å²) < 4.78 is 2.69. The van der Waals surface area contributed by atoms with Crippen LogP contribution in [0.3, 0.4) is 0 Å². The van der Waals surface area contributed by atoms with Crippen molar-refractivity contribution in [2.45, 2.75) is 19.3 Å². The minimum absolute atomic E-state index is 0.0125. The van der Waals surface area contributed by atoms with Crippen molar-refractivity contribution in [2.24, 2.45) is 0 Å². The fraction of sp³-hybridized carbons (Fsp3) is 0.0345. The van der Waals surface area contributed by atoms with Gasteiger partial charge in [0.25, 0.3) is 0 Å². The maximum absolute atomic E-state index is 2.38. The zero-order valence-corrected chi connectivity index (χ0v) is 50.8. The first-order valence-corrected chi connectivity index (χ1v) is 31.9. The first kappa shape index (κ1) is 53.2. The molecule has 1 heterocycles. The Balaban J connectivity index is 0.000000139. The van der Waals surface area contributed by atoms with Crippen molar-refractivity contribution in [1.82, 2.24) is 0 Å². The van der Waals surface area contributed by atoms with Crippen LogP contribution in [-0.4, -0.2) is 0 Å². The molecule has 16 aromatic carbocycles. The molecule has 1 aromatic heterocycles. The molecule has 0 aliphatic heterocycles. The van der Waals surface area contributed by atoms with Crippen molar-refractivity contribution in [1.29, 1.82) is 0 Å². The van der Waals surface area contributed by atoms with Crippen LogP contribution in [0.15, 0.2) is 328 Å². The molecule has 2 nitrogen and oxygen atoms in total. The highest BCUT2D eigenvalue weighted by Crippen LogP contribution is 2.53. The van der Waals surface area contributed by atoms with Crippen molar-refractivity contribution in [3.63, 3.8) is 0 Å². The first-order chi connectivity index (χ1) is 44.4. The van der Waals surface area contributed by atoms with Crippen LogP contribution in [-0.2, 0) is 5.41 Å². The number of nitrogens with zero attached hydrogens (tertiary/aromatic N) is 2. The van der Waals surface area contributed by atoms with Gasteiger partial charge in [-0.25, -0.2) is 0 Å². The summed E-state index contributed by atoms with van der Waals surface area (Å²) in [5.74, 6) is 0. The molecular formula is C87H60N2S. The predicted molar refractivity (Wildman–Crippen MR) is 389 cm³/mol. The molecule has 0 N–H and O–H groups in total. The Bertz CT molecular complexity index is 5640. The zero-order chi connectivity index (χ0) is 59.9. The van der Waals surface area contributed by atoms with Gasteiger partial charge in [0.1, 0.15) is 0 Å². The van der Waals surface area contributed by atoms with Crippen molar-refractivity contribution in [2.75, 3.05) is 9.80 Å². The van der Waals surface area contributed by atoms with Crippen molar-refractivity contribution in [3.05, 3.63) is 339 Å². The Morgan fingerprint density at radius 3 is 1.24 bits per heavy atom. The summed E-state index contributed by atoms with van der Waals surface area (Å²) >= 11 is 1.88. The predicted octanol–water partition coefficient (Wildman–Crippen LogP) is 25.2. The van der Waals surface area contributed by atoms with E-state index in [0.29, 0.717) is 0 Å². The largest absolute Gasteiger partial charge is 0.310 e. The number of anilines is 6. The summed E-state index contributed by atoms with van der Waals surface area (Å²) in [6, 6.07) is 120. The second-order valence-electron chi connectivity index (χ2n) is 24.3. The molecule has 0 unspecified atom stereocenters. The molecule has 0 atom stereocenters. The van der Waals surface area contributed by atoms with Gasteiger partial charge in [-0.3, -0.25) is 0 Å². The molecule has 18 rings (SSSR count). The van der Waals surface area contributed by atoms with Gasteiger partial charge in [0.05, 0.1) is 0 Å². The topological polar surface area (TPSA) is 6.48 Å². The van der Waals surface area contributed by atoms with Gasteiger partial charge in [-0.2, -0.15) is 0 Å². The SMILES string of the molecule is CC1(C)c2ccccc2-c2c1ccc1c2ccc2ccc3cc(N(c4ccccc4)c4cccc(-c5ccccc5)c4)ccc3c21.c1ccc(-c2cccc(N(c3ccccc3)c3ccc4c(ccc5ccc6c(ccc7sc8ccccc8c76)c54)c3)c2)cc1. The van der Waals surface area contributed by atoms with Crippen molar-refractivity contribution >= 4 is 130 Å². The maximum atomic E-state index is 2.38. The lowest BCUT2D eigenvalue weighted by atomic mass is 9.82. The second-order valence-corrected chi connectivity index (χ2v) is 25.4. The number of rotatable bonds is 8. The number of hydrogen-bond acceptors (Lipinski definition) is 3. The molecule has 0 bridgehead atoms. The number of para-hydroxylation sites is 2. The lowest BCUT2D eigenvalue weighted by Crippen LogP contribution is -2.14. The molecular weight excluding hydrogens is 1110 g/mol. The zero-order valence-electron chi connectivity index (χ0n) is 50.0. The Morgan fingerprint density at radius 2 is 0.656 bits per heavy atom. The summed E-state index contributed by atoms with van der Waals surface area (Å²) in [6.45, 7) is 4.71. The van der Waals surface area contributed by atoms with E-state index in [-0.39, 0.29) is 5.41 Å². The monoisotopic (exact) mass is 1160 g/mol. The Morgan fingerprint density at radius 1 is 0.244 bits per heavy atom. The lowest BCUT2D eigenvalue weighted by Gasteiger charge is -2.26. The van der Waals surface area contributed by atoms with Gasteiger partial charge in [0.15, 0.2) is 0 Å². The van der Waals surface area contributed by atoms with E-state index in [1.165, 1.54) is 129 Å². The van der Waals surface area contributed by atoms with Crippen LogP contribution in [0, 0.1) is 0 Å². The van der Waals surface area contributed by atoms with Gasteiger partial charge in [0.2, 0.25) is 0 Å². The summed E-state index contributed by atoms with van der Waals surface area (Å²) in [5, 5.41) is 18.2. The number of hydrogen-bond donors (Lipinski definition) is 0. The average Bonchev–Trinajstić information content (AvgIpc) is 1.47. The number of benzene rings is 16. The molecule has 3 heteroatoms. The van der Waals surface area contributed by atoms with E-state index in [4.69, 9.17) is 0 Å². The smallest absolute Gasteiger partial charge is 0.0468 e. The summed E-state index contributed by atoms with van der Waals surface area (Å²) in [5.41, 5.74) is 17.2. The molecule has 0 amide bonds. The van der Waals surface area contributed by atoms with Crippen LogP contribution in [0.4, 0.5) is 34.1 Å². The third-order valence-corrected chi connectivity index (χ3v) is 19.9.